The molecule has 0 bridgehead atoms. The lowest BCUT2D eigenvalue weighted by Crippen LogP contribution is -2.47. The van der Waals surface area contributed by atoms with Crippen LogP contribution in [-0.4, -0.2) is 26.1 Å². The van der Waals surface area contributed by atoms with Gasteiger partial charge in [-0.3, -0.25) is 0 Å². The summed E-state index contributed by atoms with van der Waals surface area (Å²) in [7, 11) is -3.71. The van der Waals surface area contributed by atoms with Gasteiger partial charge in [0.05, 0.1) is 6.10 Å². The molecule has 1 aliphatic heterocycles. The maximum atomic E-state index is 12.6. The first-order valence-corrected chi connectivity index (χ1v) is 14.6. The summed E-state index contributed by atoms with van der Waals surface area (Å²) in [6.07, 6.45) is 2.65. The highest BCUT2D eigenvalue weighted by Crippen LogP contribution is 2.28. The van der Waals surface area contributed by atoms with Crippen LogP contribution in [0.25, 0.3) is 0 Å². The number of benzene rings is 4. The van der Waals surface area contributed by atoms with Crippen LogP contribution in [0.4, 0.5) is 14.5 Å². The number of hydrogen-bond acceptors (Lipinski definition) is 5. The second-order valence-corrected chi connectivity index (χ2v) is 10.7. The van der Waals surface area contributed by atoms with Crippen LogP contribution in [0.1, 0.15) is 44.8 Å². The Morgan fingerprint density at radius 3 is 1.82 bits per heavy atom. The van der Waals surface area contributed by atoms with Gasteiger partial charge in [0.2, 0.25) is 0 Å². The van der Waals surface area contributed by atoms with E-state index in [0.29, 0.717) is 18.2 Å². The van der Waals surface area contributed by atoms with Crippen molar-refractivity contribution < 1.29 is 26.5 Å². The van der Waals surface area contributed by atoms with Gasteiger partial charge in [-0.15, -0.1) is 0 Å². The molecule has 2 atom stereocenters. The number of nitrogens with zero attached hydrogens (tertiary/aromatic N) is 1. The number of anilines is 1. The van der Waals surface area contributed by atoms with Crippen LogP contribution in [-0.2, 0) is 10.1 Å². The fourth-order valence-corrected chi connectivity index (χ4v) is 4.95. The molecule has 1 N–H and O–H groups in total. The summed E-state index contributed by atoms with van der Waals surface area (Å²) in [5.74, 6) is -0.110. The molecule has 5 nitrogen and oxygen atoms in total. The standard InChI is InChI=1S/C12H10O3S.C11H14FN.C9H11FO/c13-16(14,12-9-5-2-6-10-12)15-11-7-3-1-4-8-11;1-2-10-7-8-13(10)11-5-3-9(12)4-6-11;1-2-9(11)7-3-5-8(10)6-4-7/h1-10H;3-6,10H,2,7-8H2,1H3;3-6,9,11H,2H2,1H3/t;;9-/m..0/s1. The number of halogens is 2. The highest BCUT2D eigenvalue weighted by Gasteiger charge is 2.25. The Kier molecular flexibility index (Phi) is 11.7. The van der Waals surface area contributed by atoms with Gasteiger partial charge in [0.25, 0.3) is 0 Å². The van der Waals surface area contributed by atoms with Crippen LogP contribution in [0.3, 0.4) is 0 Å². The van der Waals surface area contributed by atoms with Crippen LogP contribution < -0.4 is 9.08 Å². The summed E-state index contributed by atoms with van der Waals surface area (Å²) >= 11 is 0. The monoisotopic (exact) mass is 567 g/mol. The van der Waals surface area contributed by atoms with Gasteiger partial charge in [0, 0.05) is 18.3 Å². The molecule has 1 heterocycles. The molecular formula is C32H35F2NO4S. The van der Waals surface area contributed by atoms with E-state index in [4.69, 9.17) is 4.18 Å². The fourth-order valence-electron chi connectivity index (χ4n) is 4.00. The topological polar surface area (TPSA) is 66.8 Å². The molecule has 0 radical (unpaired) electrons. The van der Waals surface area contributed by atoms with Gasteiger partial charge in [-0.05, 0) is 85.5 Å². The van der Waals surface area contributed by atoms with Gasteiger partial charge >= 0.3 is 10.1 Å². The van der Waals surface area contributed by atoms with Gasteiger partial charge in [0.15, 0.2) is 0 Å². The molecule has 212 valence electrons. The Hall–Kier alpha value is -3.75. The average Bonchev–Trinajstić information content (AvgIpc) is 2.95. The zero-order chi connectivity index (χ0) is 29.0. The Labute approximate surface area is 235 Å². The van der Waals surface area contributed by atoms with Gasteiger partial charge in [-0.2, -0.15) is 8.42 Å². The minimum atomic E-state index is -3.71. The van der Waals surface area contributed by atoms with Crippen molar-refractivity contribution in [2.24, 2.45) is 0 Å². The van der Waals surface area contributed by atoms with Crippen molar-refractivity contribution in [2.45, 2.75) is 50.2 Å². The third kappa shape index (κ3) is 9.17. The van der Waals surface area contributed by atoms with Crippen molar-refractivity contribution in [3.8, 4) is 5.75 Å². The van der Waals surface area contributed by atoms with Crippen LogP contribution >= 0.6 is 0 Å². The summed E-state index contributed by atoms with van der Waals surface area (Å²) in [6.45, 7) is 5.19. The summed E-state index contributed by atoms with van der Waals surface area (Å²) in [6, 6.07) is 29.8. The van der Waals surface area contributed by atoms with Gasteiger partial charge in [-0.25, -0.2) is 8.78 Å². The van der Waals surface area contributed by atoms with E-state index in [1.165, 1.54) is 49.2 Å². The average molecular weight is 568 g/mol. The molecule has 1 fully saturated rings. The number of aliphatic hydroxyl groups excluding tert-OH is 1. The van der Waals surface area contributed by atoms with Crippen molar-refractivity contribution in [1.29, 1.82) is 0 Å². The minimum Gasteiger partial charge on any atom is -0.388 e. The predicted octanol–water partition coefficient (Wildman–Crippen LogP) is 7.54. The lowest BCUT2D eigenvalue weighted by atomic mass is 9.99. The fraction of sp³-hybridized carbons (Fsp3) is 0.250. The van der Waals surface area contributed by atoms with Crippen LogP contribution in [0.2, 0.25) is 0 Å². The zero-order valence-corrected chi connectivity index (χ0v) is 23.5. The smallest absolute Gasteiger partial charge is 0.339 e. The van der Waals surface area contributed by atoms with Crippen molar-refractivity contribution in [1.82, 2.24) is 0 Å². The Morgan fingerprint density at radius 2 is 1.35 bits per heavy atom. The maximum absolute atomic E-state index is 12.6. The Morgan fingerprint density at radius 1 is 0.825 bits per heavy atom. The highest BCUT2D eigenvalue weighted by molar-refractivity contribution is 7.87. The van der Waals surface area contributed by atoms with Crippen LogP contribution in [0, 0.1) is 11.6 Å². The second-order valence-electron chi connectivity index (χ2n) is 9.16. The minimum absolute atomic E-state index is 0.152. The van der Waals surface area contributed by atoms with Gasteiger partial charge < -0.3 is 14.2 Å². The molecule has 0 aromatic heterocycles. The largest absolute Gasteiger partial charge is 0.388 e. The van der Waals surface area contributed by atoms with E-state index in [1.54, 1.807) is 60.7 Å². The molecule has 5 rings (SSSR count). The van der Waals surface area contributed by atoms with Gasteiger partial charge in [0.1, 0.15) is 22.3 Å². The Bertz CT molecular complexity index is 1380. The van der Waals surface area contributed by atoms with Crippen molar-refractivity contribution >= 4 is 15.8 Å². The summed E-state index contributed by atoms with van der Waals surface area (Å²) in [4.78, 5) is 2.48. The second kappa shape index (κ2) is 15.1. The number of hydrogen-bond donors (Lipinski definition) is 1. The number of para-hydroxylation sites is 1. The molecule has 1 unspecified atom stereocenters. The molecule has 8 heteroatoms. The van der Waals surface area contributed by atoms with Crippen molar-refractivity contribution in [3.05, 3.63) is 126 Å². The third-order valence-corrected chi connectivity index (χ3v) is 7.66. The molecule has 0 amide bonds. The van der Waals surface area contributed by atoms with E-state index in [1.807, 2.05) is 19.1 Å². The van der Waals surface area contributed by atoms with Gasteiger partial charge in [-0.1, -0.05) is 62.4 Å². The van der Waals surface area contributed by atoms with E-state index >= 15 is 0 Å². The van der Waals surface area contributed by atoms with E-state index in [2.05, 4.69) is 11.8 Å². The maximum Gasteiger partial charge on any atom is 0.339 e. The van der Waals surface area contributed by atoms with E-state index in [-0.39, 0.29) is 16.5 Å². The Balaban J connectivity index is 0.000000169. The number of aliphatic hydroxyl groups is 1. The molecule has 4 aromatic rings. The molecule has 0 spiro atoms. The highest BCUT2D eigenvalue weighted by atomic mass is 32.2. The van der Waals surface area contributed by atoms with Crippen LogP contribution in [0.5, 0.6) is 5.75 Å². The van der Waals surface area contributed by atoms with Crippen molar-refractivity contribution in [2.75, 3.05) is 11.4 Å². The predicted molar refractivity (Wildman–Crippen MR) is 155 cm³/mol. The molecule has 1 aliphatic rings. The lowest BCUT2D eigenvalue weighted by Gasteiger charge is -2.42. The zero-order valence-electron chi connectivity index (χ0n) is 22.7. The normalized spacial score (nSPS) is 14.9. The first kappa shape index (κ1) is 30.8. The molecule has 1 saturated heterocycles. The molecule has 0 aliphatic carbocycles. The molecule has 4 aromatic carbocycles. The van der Waals surface area contributed by atoms with Crippen molar-refractivity contribution in [3.63, 3.8) is 0 Å². The van der Waals surface area contributed by atoms with E-state index in [0.717, 1.165) is 17.8 Å². The molecule has 0 saturated carbocycles. The van der Waals surface area contributed by atoms with Crippen LogP contribution in [0.15, 0.2) is 114 Å². The SMILES string of the molecule is CCC1CCN1c1ccc(F)cc1.CC[C@H](O)c1ccc(F)cc1.O=S(=O)(Oc1ccccc1)c1ccccc1. The number of rotatable bonds is 7. The lowest BCUT2D eigenvalue weighted by molar-refractivity contribution is 0.173. The quantitative estimate of drug-likeness (QED) is 0.234. The molecular weight excluding hydrogens is 532 g/mol. The van der Waals surface area contributed by atoms with E-state index in [9.17, 15) is 22.3 Å². The molecule has 40 heavy (non-hydrogen) atoms. The third-order valence-electron chi connectivity index (χ3n) is 6.40. The summed E-state index contributed by atoms with van der Waals surface area (Å²) in [5, 5.41) is 9.30. The summed E-state index contributed by atoms with van der Waals surface area (Å²) < 4.78 is 53.5. The van der Waals surface area contributed by atoms with E-state index < -0.39 is 16.2 Å². The first-order valence-electron chi connectivity index (χ1n) is 13.2. The summed E-state index contributed by atoms with van der Waals surface area (Å²) in [5.41, 5.74) is 1.92. The first-order chi connectivity index (χ1) is 19.2.